The highest BCUT2D eigenvalue weighted by Gasteiger charge is 2.36. The molecule has 1 fully saturated rings. The van der Waals surface area contributed by atoms with E-state index in [0.29, 0.717) is 18.5 Å². The number of aromatic nitrogens is 2. The van der Waals surface area contributed by atoms with Crippen LogP contribution in [0.25, 0.3) is 0 Å². The van der Waals surface area contributed by atoms with Crippen LogP contribution in [0.1, 0.15) is 25.0 Å². The van der Waals surface area contributed by atoms with Gasteiger partial charge in [-0.15, -0.1) is 0 Å². The van der Waals surface area contributed by atoms with Crippen molar-refractivity contribution in [2.75, 3.05) is 6.54 Å². The van der Waals surface area contributed by atoms with Crippen molar-refractivity contribution in [3.05, 3.63) is 24.3 Å². The molecule has 0 radical (unpaired) electrons. The van der Waals surface area contributed by atoms with Crippen LogP contribution >= 0.6 is 0 Å². The zero-order chi connectivity index (χ0) is 14.6. The number of piperidine rings is 1. The highest BCUT2D eigenvalue weighted by atomic mass is 32.2. The van der Waals surface area contributed by atoms with Crippen molar-refractivity contribution in [2.45, 2.75) is 31.8 Å². The van der Waals surface area contributed by atoms with E-state index in [0.717, 1.165) is 10.7 Å². The van der Waals surface area contributed by atoms with Gasteiger partial charge in [-0.25, -0.2) is 9.97 Å². The molecular weight excluding hydrogens is 284 g/mol. The van der Waals surface area contributed by atoms with E-state index in [1.54, 1.807) is 6.07 Å². The molecule has 20 heavy (non-hydrogen) atoms. The van der Waals surface area contributed by atoms with Crippen molar-refractivity contribution in [3.63, 3.8) is 0 Å². The molecule has 1 unspecified atom stereocenters. The molecule has 1 aliphatic heterocycles. The maximum atomic E-state index is 12.2. The number of hydrogen-bond donors (Lipinski definition) is 2. The van der Waals surface area contributed by atoms with E-state index in [1.165, 1.54) is 12.5 Å². The summed E-state index contributed by atoms with van der Waals surface area (Å²) in [6, 6.07) is 0.597. The first-order valence-corrected chi connectivity index (χ1v) is 7.69. The molecule has 0 saturated carbocycles. The zero-order valence-electron chi connectivity index (χ0n) is 10.8. The van der Waals surface area contributed by atoms with Gasteiger partial charge in [0, 0.05) is 12.7 Å². The molecule has 1 aromatic heterocycles. The maximum absolute atomic E-state index is 12.2. The zero-order valence-corrected chi connectivity index (χ0v) is 11.6. The molecule has 1 aromatic rings. The summed E-state index contributed by atoms with van der Waals surface area (Å²) in [5.41, 5.74) is 0.521. The number of aliphatic carboxylic acids is 1. The van der Waals surface area contributed by atoms with Gasteiger partial charge in [0.1, 0.15) is 12.4 Å². The van der Waals surface area contributed by atoms with Crippen LogP contribution in [0.4, 0.5) is 0 Å². The van der Waals surface area contributed by atoms with Gasteiger partial charge in [0.25, 0.3) is 10.2 Å². The Hall–Kier alpha value is -1.58. The Kier molecular flexibility index (Phi) is 4.63. The first-order chi connectivity index (χ1) is 9.50. The van der Waals surface area contributed by atoms with E-state index in [1.807, 2.05) is 0 Å². The van der Waals surface area contributed by atoms with Gasteiger partial charge in [-0.1, -0.05) is 0 Å². The molecular formula is C11H16N4O4S. The highest BCUT2D eigenvalue weighted by molar-refractivity contribution is 7.87. The number of carboxylic acids is 1. The Morgan fingerprint density at radius 2 is 2.30 bits per heavy atom. The minimum absolute atomic E-state index is 0.00763. The molecule has 2 heterocycles. The van der Waals surface area contributed by atoms with Crippen LogP contribution in [-0.2, 0) is 21.5 Å². The molecule has 2 N–H and O–H groups in total. The number of nitrogens with zero attached hydrogens (tertiary/aromatic N) is 3. The summed E-state index contributed by atoms with van der Waals surface area (Å²) >= 11 is 0. The van der Waals surface area contributed by atoms with E-state index >= 15 is 0 Å². The molecule has 0 aliphatic carbocycles. The average Bonchev–Trinajstić information content (AvgIpc) is 2.46. The number of rotatable bonds is 5. The maximum Gasteiger partial charge on any atom is 0.322 e. The number of carboxylic acid groups (broad SMARTS) is 1. The Labute approximate surface area is 117 Å². The summed E-state index contributed by atoms with van der Waals surface area (Å²) in [7, 11) is -3.83. The Morgan fingerprint density at radius 1 is 1.50 bits per heavy atom. The van der Waals surface area contributed by atoms with Crippen LogP contribution in [0.5, 0.6) is 0 Å². The molecule has 110 valence electrons. The molecule has 8 nitrogen and oxygen atoms in total. The van der Waals surface area contributed by atoms with E-state index in [4.69, 9.17) is 5.11 Å². The van der Waals surface area contributed by atoms with Crippen molar-refractivity contribution in [1.82, 2.24) is 19.0 Å². The van der Waals surface area contributed by atoms with Gasteiger partial charge in [0.15, 0.2) is 0 Å². The third-order valence-corrected chi connectivity index (χ3v) is 4.69. The lowest BCUT2D eigenvalue weighted by Gasteiger charge is -2.31. The van der Waals surface area contributed by atoms with Gasteiger partial charge in [-0.2, -0.15) is 17.4 Å². The summed E-state index contributed by atoms with van der Waals surface area (Å²) < 4.78 is 27.8. The molecule has 9 heteroatoms. The second-order valence-electron chi connectivity index (χ2n) is 4.49. The molecule has 1 saturated heterocycles. The standard InChI is InChI=1S/C11H16N4O4S/c16-11(17)10-3-1-2-6-15(10)20(18,19)14-7-9-4-5-12-8-13-9/h4-5,8,10,14H,1-3,6-7H2,(H,16,17). The van der Waals surface area contributed by atoms with Crippen LogP contribution in [0.2, 0.25) is 0 Å². The number of carbonyl (C=O) groups is 1. The quantitative estimate of drug-likeness (QED) is 0.775. The fraction of sp³-hybridized carbons (Fsp3) is 0.545. The third kappa shape index (κ3) is 3.50. The lowest BCUT2D eigenvalue weighted by Crippen LogP contribution is -2.51. The van der Waals surface area contributed by atoms with Crippen LogP contribution in [-0.4, -0.2) is 46.4 Å². The van der Waals surface area contributed by atoms with Gasteiger partial charge < -0.3 is 5.11 Å². The summed E-state index contributed by atoms with van der Waals surface area (Å²) in [6.07, 6.45) is 4.55. The van der Waals surface area contributed by atoms with E-state index in [-0.39, 0.29) is 13.1 Å². The van der Waals surface area contributed by atoms with E-state index in [2.05, 4.69) is 14.7 Å². The first-order valence-electron chi connectivity index (χ1n) is 6.25. The fourth-order valence-corrected chi connectivity index (χ4v) is 3.51. The predicted octanol–water partition coefficient (Wildman–Crippen LogP) is -0.250. The summed E-state index contributed by atoms with van der Waals surface area (Å²) in [5.74, 6) is -1.11. The molecule has 0 amide bonds. The summed E-state index contributed by atoms with van der Waals surface area (Å²) in [6.45, 7) is 0.226. The van der Waals surface area contributed by atoms with E-state index in [9.17, 15) is 13.2 Å². The van der Waals surface area contributed by atoms with Crippen LogP contribution < -0.4 is 4.72 Å². The lowest BCUT2D eigenvalue weighted by molar-refractivity contribution is -0.142. The minimum atomic E-state index is -3.83. The average molecular weight is 300 g/mol. The SMILES string of the molecule is O=C(O)C1CCCCN1S(=O)(=O)NCc1ccncn1. The van der Waals surface area contributed by atoms with Gasteiger partial charge in [0.2, 0.25) is 0 Å². The fourth-order valence-electron chi connectivity index (χ4n) is 2.11. The predicted molar refractivity (Wildman–Crippen MR) is 69.8 cm³/mol. The Bertz CT molecular complexity index is 563. The van der Waals surface area contributed by atoms with Crippen molar-refractivity contribution in [1.29, 1.82) is 0 Å². The van der Waals surface area contributed by atoms with Gasteiger partial charge >= 0.3 is 5.97 Å². The lowest BCUT2D eigenvalue weighted by atomic mass is 10.1. The largest absolute Gasteiger partial charge is 0.480 e. The topological polar surface area (TPSA) is 112 Å². The van der Waals surface area contributed by atoms with Crippen molar-refractivity contribution in [2.24, 2.45) is 0 Å². The number of nitrogens with one attached hydrogen (secondary N) is 1. The van der Waals surface area contributed by atoms with Gasteiger partial charge in [-0.3, -0.25) is 4.79 Å². The smallest absolute Gasteiger partial charge is 0.322 e. The second-order valence-corrected chi connectivity index (χ2v) is 6.20. The monoisotopic (exact) mass is 300 g/mol. The summed E-state index contributed by atoms with van der Waals surface area (Å²) in [4.78, 5) is 18.8. The van der Waals surface area contributed by atoms with Crippen molar-refractivity contribution >= 4 is 16.2 Å². The molecule has 0 spiro atoms. The second kappa shape index (κ2) is 6.25. The number of hydrogen-bond acceptors (Lipinski definition) is 5. The van der Waals surface area contributed by atoms with Crippen LogP contribution in [0.3, 0.4) is 0 Å². The highest BCUT2D eigenvalue weighted by Crippen LogP contribution is 2.20. The molecule has 2 rings (SSSR count). The third-order valence-electron chi connectivity index (χ3n) is 3.13. The molecule has 0 aromatic carbocycles. The molecule has 1 atom stereocenters. The van der Waals surface area contributed by atoms with Gasteiger partial charge in [-0.05, 0) is 25.3 Å². The molecule has 0 bridgehead atoms. The van der Waals surface area contributed by atoms with Crippen molar-refractivity contribution < 1.29 is 18.3 Å². The van der Waals surface area contributed by atoms with Crippen LogP contribution in [0, 0.1) is 0 Å². The minimum Gasteiger partial charge on any atom is -0.480 e. The van der Waals surface area contributed by atoms with Gasteiger partial charge in [0.05, 0.1) is 12.2 Å². The Balaban J connectivity index is 2.06. The van der Waals surface area contributed by atoms with E-state index < -0.39 is 22.2 Å². The van der Waals surface area contributed by atoms with Crippen LogP contribution in [0.15, 0.2) is 18.6 Å². The Morgan fingerprint density at radius 3 is 2.95 bits per heavy atom. The molecule has 1 aliphatic rings. The summed E-state index contributed by atoms with van der Waals surface area (Å²) in [5, 5.41) is 9.10. The first kappa shape index (κ1) is 14.8. The normalized spacial score (nSPS) is 20.7. The van der Waals surface area contributed by atoms with Crippen molar-refractivity contribution in [3.8, 4) is 0 Å².